The first-order valence-corrected chi connectivity index (χ1v) is 7.80. The molecule has 110 valence electrons. The molecule has 0 aliphatic carbocycles. The van der Waals surface area contributed by atoms with Gasteiger partial charge in [0.2, 0.25) is 0 Å². The lowest BCUT2D eigenvalue weighted by Crippen LogP contribution is -2.49. The average Bonchev–Trinajstić information content (AvgIpc) is 2.41. The van der Waals surface area contributed by atoms with E-state index in [1.165, 1.54) is 0 Å². The molecule has 3 nitrogen and oxygen atoms in total. The van der Waals surface area contributed by atoms with Gasteiger partial charge in [-0.2, -0.15) is 0 Å². The van der Waals surface area contributed by atoms with Gasteiger partial charge in [0, 0.05) is 37.6 Å². The highest BCUT2D eigenvalue weighted by atomic mass is 35.5. The molecular formula is C15H21ClN2OS. The molecule has 1 aliphatic heterocycles. The van der Waals surface area contributed by atoms with E-state index >= 15 is 0 Å². The topological polar surface area (TPSA) is 23.6 Å². The minimum atomic E-state index is 0.00935. The molecule has 0 saturated carbocycles. The van der Waals surface area contributed by atoms with E-state index in [0.29, 0.717) is 16.5 Å². The zero-order valence-corrected chi connectivity index (χ0v) is 13.6. The van der Waals surface area contributed by atoms with Gasteiger partial charge in [0.1, 0.15) is 0 Å². The molecule has 1 aliphatic rings. The number of piperazine rings is 1. The molecule has 1 heterocycles. The minimum Gasteiger partial charge on any atom is -0.336 e. The zero-order valence-electron chi connectivity index (χ0n) is 12.0. The maximum Gasteiger partial charge on any atom is 0.255 e. The Bertz CT molecular complexity index is 485. The Balaban J connectivity index is 2.00. The number of thiol groups is 1. The lowest BCUT2D eigenvalue weighted by atomic mass is 10.1. The Hall–Kier alpha value is -0.710. The maximum absolute atomic E-state index is 12.5. The fraction of sp³-hybridized carbons (Fsp3) is 0.533. The first kappa shape index (κ1) is 15.7. The molecule has 1 saturated heterocycles. The van der Waals surface area contributed by atoms with E-state index in [9.17, 15) is 4.79 Å². The molecule has 0 aromatic heterocycles. The molecule has 5 heteroatoms. The van der Waals surface area contributed by atoms with Crippen molar-refractivity contribution >= 4 is 30.1 Å². The van der Waals surface area contributed by atoms with E-state index in [1.54, 1.807) is 18.2 Å². The van der Waals surface area contributed by atoms with Gasteiger partial charge >= 0.3 is 0 Å². The van der Waals surface area contributed by atoms with Crippen LogP contribution in [0.5, 0.6) is 0 Å². The van der Waals surface area contributed by atoms with Crippen LogP contribution in [0.25, 0.3) is 0 Å². The smallest absolute Gasteiger partial charge is 0.255 e. The lowest BCUT2D eigenvalue weighted by Gasteiger charge is -2.35. The van der Waals surface area contributed by atoms with Crippen LogP contribution >= 0.6 is 24.2 Å². The number of carbonyl (C=O) groups is 1. The molecule has 0 N–H and O–H groups in total. The van der Waals surface area contributed by atoms with E-state index in [4.69, 9.17) is 11.6 Å². The predicted molar refractivity (Wildman–Crippen MR) is 85.9 cm³/mol. The Labute approximate surface area is 131 Å². The molecular weight excluding hydrogens is 292 g/mol. The van der Waals surface area contributed by atoms with Crippen LogP contribution in [0.1, 0.15) is 24.2 Å². The highest BCUT2D eigenvalue weighted by Gasteiger charge is 2.23. The number of amides is 1. The summed E-state index contributed by atoms with van der Waals surface area (Å²) >= 11 is 10.4. The Kier molecular flexibility index (Phi) is 5.35. The van der Waals surface area contributed by atoms with Crippen LogP contribution in [0.2, 0.25) is 5.02 Å². The first-order chi connectivity index (χ1) is 9.47. The number of rotatable bonds is 3. The van der Waals surface area contributed by atoms with Gasteiger partial charge in [0.15, 0.2) is 0 Å². The van der Waals surface area contributed by atoms with Gasteiger partial charge in [0.25, 0.3) is 5.91 Å². The summed E-state index contributed by atoms with van der Waals surface area (Å²) in [7, 11) is 0. The van der Waals surface area contributed by atoms with Crippen molar-refractivity contribution in [3.63, 3.8) is 0 Å². The van der Waals surface area contributed by atoms with Gasteiger partial charge in [-0.1, -0.05) is 25.4 Å². The summed E-state index contributed by atoms with van der Waals surface area (Å²) < 4.78 is 0. The fourth-order valence-corrected chi connectivity index (χ4v) is 2.90. The second-order valence-electron chi connectivity index (χ2n) is 5.65. The third kappa shape index (κ3) is 3.90. The van der Waals surface area contributed by atoms with Crippen LogP contribution in [-0.2, 0) is 0 Å². The number of benzene rings is 1. The van der Waals surface area contributed by atoms with Crippen molar-refractivity contribution in [3.8, 4) is 0 Å². The SMILES string of the molecule is CC(C)CN1CCN(C(=O)c2cc(S)ccc2Cl)CC1. The third-order valence-corrected chi connectivity index (χ3v) is 4.07. The van der Waals surface area contributed by atoms with Crippen molar-refractivity contribution < 1.29 is 4.79 Å². The van der Waals surface area contributed by atoms with Crippen LogP contribution in [-0.4, -0.2) is 48.4 Å². The predicted octanol–water partition coefficient (Wildman–Crippen LogP) is 3.04. The summed E-state index contributed by atoms with van der Waals surface area (Å²) in [5.74, 6) is 0.669. The molecule has 0 unspecified atom stereocenters. The van der Waals surface area contributed by atoms with E-state index in [1.807, 2.05) is 4.90 Å². The molecule has 1 fully saturated rings. The van der Waals surface area contributed by atoms with Gasteiger partial charge in [-0.15, -0.1) is 12.6 Å². The van der Waals surface area contributed by atoms with E-state index in [2.05, 4.69) is 31.4 Å². The van der Waals surface area contributed by atoms with Crippen molar-refractivity contribution in [1.82, 2.24) is 9.80 Å². The summed E-state index contributed by atoms with van der Waals surface area (Å²) in [5.41, 5.74) is 0.552. The van der Waals surface area contributed by atoms with Gasteiger partial charge < -0.3 is 4.90 Å². The van der Waals surface area contributed by atoms with E-state index in [0.717, 1.165) is 37.6 Å². The molecule has 0 atom stereocenters. The molecule has 0 bridgehead atoms. The zero-order chi connectivity index (χ0) is 14.7. The summed E-state index contributed by atoms with van der Waals surface area (Å²) in [6, 6.07) is 5.27. The Morgan fingerprint density at radius 1 is 1.30 bits per heavy atom. The largest absolute Gasteiger partial charge is 0.336 e. The van der Waals surface area contributed by atoms with Crippen LogP contribution in [0.3, 0.4) is 0 Å². The van der Waals surface area contributed by atoms with Crippen LogP contribution in [0.15, 0.2) is 23.1 Å². The number of hydrogen-bond acceptors (Lipinski definition) is 3. The quantitative estimate of drug-likeness (QED) is 0.867. The van der Waals surface area contributed by atoms with Crippen LogP contribution < -0.4 is 0 Å². The van der Waals surface area contributed by atoms with Gasteiger partial charge in [-0.25, -0.2) is 0 Å². The summed E-state index contributed by atoms with van der Waals surface area (Å²) in [4.78, 5) is 17.5. The molecule has 1 amide bonds. The number of nitrogens with zero attached hydrogens (tertiary/aromatic N) is 2. The van der Waals surface area contributed by atoms with E-state index in [-0.39, 0.29) is 5.91 Å². The molecule has 2 rings (SSSR count). The Morgan fingerprint density at radius 3 is 2.55 bits per heavy atom. The average molecular weight is 313 g/mol. The fourth-order valence-electron chi connectivity index (χ4n) is 2.50. The van der Waals surface area contributed by atoms with Crippen molar-refractivity contribution in [2.45, 2.75) is 18.7 Å². The third-order valence-electron chi connectivity index (χ3n) is 3.46. The monoisotopic (exact) mass is 312 g/mol. The number of halogens is 1. The van der Waals surface area contributed by atoms with Crippen LogP contribution in [0, 0.1) is 5.92 Å². The molecule has 1 aromatic carbocycles. The first-order valence-electron chi connectivity index (χ1n) is 6.97. The summed E-state index contributed by atoms with van der Waals surface area (Å²) in [6.45, 7) is 8.92. The van der Waals surface area contributed by atoms with Crippen LogP contribution in [0.4, 0.5) is 0 Å². The van der Waals surface area contributed by atoms with Crippen molar-refractivity contribution in [1.29, 1.82) is 0 Å². The second-order valence-corrected chi connectivity index (χ2v) is 6.57. The number of carbonyl (C=O) groups excluding carboxylic acids is 1. The molecule has 20 heavy (non-hydrogen) atoms. The summed E-state index contributed by atoms with van der Waals surface area (Å²) in [5, 5.41) is 0.498. The highest BCUT2D eigenvalue weighted by molar-refractivity contribution is 7.80. The summed E-state index contributed by atoms with van der Waals surface area (Å²) in [6.07, 6.45) is 0. The van der Waals surface area contributed by atoms with Crippen molar-refractivity contribution in [2.24, 2.45) is 5.92 Å². The van der Waals surface area contributed by atoms with Crippen molar-refractivity contribution in [3.05, 3.63) is 28.8 Å². The van der Waals surface area contributed by atoms with Gasteiger partial charge in [0.05, 0.1) is 10.6 Å². The van der Waals surface area contributed by atoms with Gasteiger partial charge in [-0.05, 0) is 24.1 Å². The molecule has 0 spiro atoms. The maximum atomic E-state index is 12.5. The normalized spacial score (nSPS) is 16.8. The second kappa shape index (κ2) is 6.83. The lowest BCUT2D eigenvalue weighted by molar-refractivity contribution is 0.0623. The number of hydrogen-bond donors (Lipinski definition) is 1. The van der Waals surface area contributed by atoms with Gasteiger partial charge in [-0.3, -0.25) is 9.69 Å². The minimum absolute atomic E-state index is 0.00935. The highest BCUT2D eigenvalue weighted by Crippen LogP contribution is 2.22. The van der Waals surface area contributed by atoms with Crippen molar-refractivity contribution in [2.75, 3.05) is 32.7 Å². The molecule has 1 aromatic rings. The van der Waals surface area contributed by atoms with E-state index < -0.39 is 0 Å². The molecule has 0 radical (unpaired) electrons. The standard InChI is InChI=1S/C15H21ClN2OS/c1-11(2)10-17-5-7-18(8-6-17)15(19)13-9-12(20)3-4-14(13)16/h3-4,9,11,20H,5-8,10H2,1-2H3. The Morgan fingerprint density at radius 2 is 1.95 bits per heavy atom.